The maximum atomic E-state index is 13.5. The van der Waals surface area contributed by atoms with E-state index in [0.29, 0.717) is 40.7 Å². The molecular weight excluding hydrogens is 405 g/mol. The van der Waals surface area contributed by atoms with E-state index < -0.39 is 13.1 Å². The van der Waals surface area contributed by atoms with Crippen LogP contribution in [0.2, 0.25) is 0 Å². The predicted octanol–water partition coefficient (Wildman–Crippen LogP) is 3.60. The van der Waals surface area contributed by atoms with Crippen LogP contribution in [0.5, 0.6) is 0 Å². The second-order valence-electron chi connectivity index (χ2n) is 8.44. The lowest BCUT2D eigenvalue weighted by atomic mass is 9.75. The summed E-state index contributed by atoms with van der Waals surface area (Å²) in [6.07, 6.45) is 3.23. The minimum absolute atomic E-state index is 0.000265. The van der Waals surface area contributed by atoms with E-state index >= 15 is 0 Å². The summed E-state index contributed by atoms with van der Waals surface area (Å²) in [5.41, 5.74) is 5.18. The van der Waals surface area contributed by atoms with Gasteiger partial charge >= 0.3 is 13.1 Å². The van der Waals surface area contributed by atoms with Crippen LogP contribution in [0.4, 0.5) is 5.69 Å². The van der Waals surface area contributed by atoms with Crippen LogP contribution in [0.15, 0.2) is 61.1 Å². The minimum atomic E-state index is -0.756. The number of hydrogen-bond donors (Lipinski definition) is 0. The minimum Gasteiger partial charge on any atom is -0.520 e. The van der Waals surface area contributed by atoms with E-state index in [0.717, 1.165) is 17.5 Å². The van der Waals surface area contributed by atoms with Gasteiger partial charge in [-0.3, -0.25) is 9.59 Å². The van der Waals surface area contributed by atoms with Crippen molar-refractivity contribution in [2.45, 2.75) is 38.7 Å². The van der Waals surface area contributed by atoms with Crippen LogP contribution in [0.25, 0.3) is 0 Å². The molecule has 1 saturated carbocycles. The molecule has 2 aromatic carbocycles. The average molecular weight is 429 g/mol. The van der Waals surface area contributed by atoms with Gasteiger partial charge in [-0.15, -0.1) is 0 Å². The van der Waals surface area contributed by atoms with E-state index in [9.17, 15) is 9.59 Å². The number of hydrogen-bond acceptors (Lipinski definition) is 5. The topological polar surface area (TPSA) is 65.1 Å². The van der Waals surface area contributed by atoms with Crippen molar-refractivity contribution in [1.29, 1.82) is 0 Å². The lowest BCUT2D eigenvalue weighted by Gasteiger charge is -2.31. The van der Waals surface area contributed by atoms with Crippen molar-refractivity contribution >= 4 is 30.1 Å². The molecule has 0 unspecified atom stereocenters. The highest BCUT2D eigenvalue weighted by atomic mass is 16.6. The Morgan fingerprint density at radius 3 is 2.62 bits per heavy atom. The average Bonchev–Trinajstić information content (AvgIpc) is 3.57. The highest BCUT2D eigenvalue weighted by Gasteiger charge is 2.38. The molecule has 0 atom stereocenters. The summed E-state index contributed by atoms with van der Waals surface area (Å²) in [5.74, 6) is 0.894. The molecule has 0 bridgehead atoms. The molecule has 3 aliphatic rings. The van der Waals surface area contributed by atoms with E-state index in [2.05, 4.69) is 25.3 Å². The summed E-state index contributed by atoms with van der Waals surface area (Å²) in [4.78, 5) is 26.8. The van der Waals surface area contributed by atoms with E-state index in [1.54, 1.807) is 4.90 Å². The van der Waals surface area contributed by atoms with Gasteiger partial charge in [0.2, 0.25) is 0 Å². The largest absolute Gasteiger partial charge is 0.633 e. The number of nitrogens with zero attached hydrogens (tertiary/aromatic N) is 1. The van der Waals surface area contributed by atoms with Gasteiger partial charge in [-0.05, 0) is 48.4 Å². The first-order valence-corrected chi connectivity index (χ1v) is 10.8. The van der Waals surface area contributed by atoms with Gasteiger partial charge in [0.1, 0.15) is 18.1 Å². The number of carbonyl (C=O) groups is 2. The van der Waals surface area contributed by atoms with Crippen LogP contribution in [0.1, 0.15) is 52.7 Å². The molecule has 2 aromatic rings. The third-order valence-electron chi connectivity index (χ3n) is 6.22. The van der Waals surface area contributed by atoms with Crippen molar-refractivity contribution in [2.24, 2.45) is 0 Å². The molecular formula is C25H24BNO5. The van der Waals surface area contributed by atoms with Crippen LogP contribution in [0, 0.1) is 0 Å². The zero-order chi connectivity index (χ0) is 22.4. The van der Waals surface area contributed by atoms with Crippen LogP contribution in [0.3, 0.4) is 0 Å². The van der Waals surface area contributed by atoms with Crippen molar-refractivity contribution in [3.8, 4) is 0 Å². The van der Waals surface area contributed by atoms with Gasteiger partial charge in [-0.1, -0.05) is 37.4 Å². The Morgan fingerprint density at radius 1 is 1.19 bits per heavy atom. The smallest absolute Gasteiger partial charge is 0.520 e. The number of anilines is 1. The number of rotatable bonds is 5. The molecule has 32 heavy (non-hydrogen) atoms. The standard InChI is InChI=1S/C25H24BNO5/c1-15-16(2)32-26(31-15)23-5-4-6-24(22(23)14-30-17(3)28)27-12-11-20-13-19(18-7-8-18)9-10-21(20)25(27)29/h4-6,9-10,13,18H,1-2,7-8,11-12,14H2,3H3. The third kappa shape index (κ3) is 3.68. The zero-order valence-electron chi connectivity index (χ0n) is 18.1. The normalized spacial score (nSPS) is 17.7. The highest BCUT2D eigenvalue weighted by molar-refractivity contribution is 6.63. The molecule has 7 heteroatoms. The fraction of sp³-hybridized carbons (Fsp3) is 0.280. The summed E-state index contributed by atoms with van der Waals surface area (Å²) in [5, 5.41) is 0. The molecule has 2 heterocycles. The molecule has 0 N–H and O–H groups in total. The molecule has 5 rings (SSSR count). The fourth-order valence-corrected chi connectivity index (χ4v) is 4.35. The third-order valence-corrected chi connectivity index (χ3v) is 6.22. The number of benzene rings is 2. The van der Waals surface area contributed by atoms with Gasteiger partial charge in [0.15, 0.2) is 0 Å². The molecule has 0 aromatic heterocycles. The van der Waals surface area contributed by atoms with Gasteiger partial charge in [0.25, 0.3) is 5.91 Å². The number of carbonyl (C=O) groups excluding carboxylic acids is 2. The molecule has 6 nitrogen and oxygen atoms in total. The number of amides is 1. The first kappa shape index (κ1) is 20.4. The molecule has 2 aliphatic heterocycles. The van der Waals surface area contributed by atoms with Crippen LogP contribution >= 0.6 is 0 Å². The van der Waals surface area contributed by atoms with E-state index in [4.69, 9.17) is 14.0 Å². The van der Waals surface area contributed by atoms with Crippen molar-refractivity contribution < 1.29 is 23.6 Å². The number of fused-ring (bicyclic) bond motifs is 1. The van der Waals surface area contributed by atoms with Gasteiger partial charge < -0.3 is 18.9 Å². The Labute approximate surface area is 187 Å². The zero-order valence-corrected chi connectivity index (χ0v) is 18.1. The maximum Gasteiger partial charge on any atom is 0.633 e. The van der Waals surface area contributed by atoms with Crippen molar-refractivity contribution in [2.75, 3.05) is 11.4 Å². The summed E-state index contributed by atoms with van der Waals surface area (Å²) >= 11 is 0. The quantitative estimate of drug-likeness (QED) is 0.537. The molecule has 1 saturated heterocycles. The monoisotopic (exact) mass is 429 g/mol. The lowest BCUT2D eigenvalue weighted by Crippen LogP contribution is -2.41. The van der Waals surface area contributed by atoms with Crippen molar-refractivity contribution in [1.82, 2.24) is 0 Å². The second-order valence-corrected chi connectivity index (χ2v) is 8.44. The number of ether oxygens (including phenoxy) is 1. The van der Waals surface area contributed by atoms with E-state index in [-0.39, 0.29) is 12.5 Å². The van der Waals surface area contributed by atoms with E-state index in [1.165, 1.54) is 25.3 Å². The van der Waals surface area contributed by atoms with Gasteiger partial charge in [-0.2, -0.15) is 0 Å². The number of esters is 1. The Hall–Kier alpha value is -3.48. The molecule has 1 amide bonds. The van der Waals surface area contributed by atoms with E-state index in [1.807, 2.05) is 24.3 Å². The van der Waals surface area contributed by atoms with Crippen molar-refractivity contribution in [3.63, 3.8) is 0 Å². The Bertz CT molecular complexity index is 1140. The predicted molar refractivity (Wildman–Crippen MR) is 122 cm³/mol. The Kier molecular flexibility index (Phi) is 5.04. The Balaban J connectivity index is 1.51. The molecule has 1 aliphatic carbocycles. The first-order valence-electron chi connectivity index (χ1n) is 10.8. The van der Waals surface area contributed by atoms with Crippen molar-refractivity contribution in [3.05, 3.63) is 83.3 Å². The van der Waals surface area contributed by atoms with Crippen LogP contribution in [-0.4, -0.2) is 25.5 Å². The van der Waals surface area contributed by atoms with Crippen LogP contribution < -0.4 is 10.4 Å². The molecule has 2 fully saturated rings. The summed E-state index contributed by atoms with van der Waals surface area (Å²) in [6, 6.07) is 11.8. The molecule has 162 valence electrons. The SMILES string of the molecule is C=C1OB(c2cccc(N3CCc4cc(C5CC5)ccc4C3=O)c2COC(C)=O)OC1=C. The highest BCUT2D eigenvalue weighted by Crippen LogP contribution is 2.41. The second kappa shape index (κ2) is 7.90. The molecule has 0 spiro atoms. The lowest BCUT2D eigenvalue weighted by molar-refractivity contribution is -0.142. The van der Waals surface area contributed by atoms with Gasteiger partial charge in [0, 0.05) is 30.1 Å². The first-order chi connectivity index (χ1) is 15.4. The summed E-state index contributed by atoms with van der Waals surface area (Å²) in [7, 11) is -0.756. The van der Waals surface area contributed by atoms with Gasteiger partial charge in [-0.25, -0.2) is 0 Å². The fourth-order valence-electron chi connectivity index (χ4n) is 4.35. The maximum absolute atomic E-state index is 13.5. The molecule has 0 radical (unpaired) electrons. The summed E-state index contributed by atoms with van der Waals surface area (Å²) in [6.45, 7) is 9.48. The Morgan fingerprint density at radius 2 is 1.94 bits per heavy atom. The summed E-state index contributed by atoms with van der Waals surface area (Å²) < 4.78 is 16.8. The van der Waals surface area contributed by atoms with Crippen LogP contribution in [-0.2, 0) is 31.9 Å². The van der Waals surface area contributed by atoms with Gasteiger partial charge in [0.05, 0.1) is 5.69 Å².